The molecule has 1 saturated heterocycles. The van der Waals surface area contributed by atoms with Gasteiger partial charge in [-0.05, 0) is 38.2 Å². The third-order valence-corrected chi connectivity index (χ3v) is 4.85. The molecule has 4 heteroatoms. The topological polar surface area (TPSA) is 55.6 Å². The molecule has 0 bridgehead atoms. The molecule has 2 aliphatic heterocycles. The Morgan fingerprint density at radius 2 is 2.00 bits per heavy atom. The summed E-state index contributed by atoms with van der Waals surface area (Å²) in [5.41, 5.74) is 7.02. The molecule has 21 heavy (non-hydrogen) atoms. The van der Waals surface area contributed by atoms with E-state index in [0.717, 1.165) is 43.7 Å². The average molecular weight is 288 g/mol. The molecular weight excluding hydrogens is 264 g/mol. The van der Waals surface area contributed by atoms with Gasteiger partial charge in [0, 0.05) is 24.7 Å². The molecule has 114 valence electrons. The second kappa shape index (κ2) is 6.06. The Balaban J connectivity index is 1.70. The van der Waals surface area contributed by atoms with Crippen LogP contribution in [-0.4, -0.2) is 36.5 Å². The molecule has 0 radical (unpaired) electrons. The maximum Gasteiger partial charge on any atom is 0.230 e. The monoisotopic (exact) mass is 288 g/mol. The standard InChI is InChI=1S/C17H24N2O2/c1-12(18)13-6-9-19(10-7-13)17(20)15-8-11-21-16-5-3-2-4-14(15)16/h2-5,12-13,15H,6-11,18H2,1H3. The number of amides is 1. The van der Waals surface area contributed by atoms with E-state index in [1.54, 1.807) is 0 Å². The molecule has 1 aromatic rings. The smallest absolute Gasteiger partial charge is 0.230 e. The number of likely N-dealkylation sites (tertiary alicyclic amines) is 1. The van der Waals surface area contributed by atoms with Crippen molar-refractivity contribution in [2.24, 2.45) is 11.7 Å². The van der Waals surface area contributed by atoms with Crippen LogP contribution in [-0.2, 0) is 4.79 Å². The van der Waals surface area contributed by atoms with Gasteiger partial charge in [-0.3, -0.25) is 4.79 Å². The van der Waals surface area contributed by atoms with E-state index in [1.165, 1.54) is 0 Å². The van der Waals surface area contributed by atoms with Gasteiger partial charge in [-0.2, -0.15) is 0 Å². The molecule has 2 aliphatic rings. The Morgan fingerprint density at radius 1 is 1.29 bits per heavy atom. The van der Waals surface area contributed by atoms with Gasteiger partial charge >= 0.3 is 0 Å². The minimum absolute atomic E-state index is 0.0400. The SMILES string of the molecule is CC(N)C1CCN(C(=O)C2CCOc3ccccc32)CC1. The Bertz CT molecular complexity index is 507. The van der Waals surface area contributed by atoms with Gasteiger partial charge in [-0.15, -0.1) is 0 Å². The number of nitrogens with two attached hydrogens (primary N) is 1. The number of hydrogen-bond acceptors (Lipinski definition) is 3. The molecule has 1 amide bonds. The number of ether oxygens (including phenoxy) is 1. The largest absolute Gasteiger partial charge is 0.493 e. The van der Waals surface area contributed by atoms with Crippen molar-refractivity contribution >= 4 is 5.91 Å². The third-order valence-electron chi connectivity index (χ3n) is 4.85. The van der Waals surface area contributed by atoms with Gasteiger partial charge in [-0.25, -0.2) is 0 Å². The lowest BCUT2D eigenvalue weighted by Crippen LogP contribution is -2.44. The Morgan fingerprint density at radius 3 is 2.71 bits per heavy atom. The van der Waals surface area contributed by atoms with E-state index in [9.17, 15) is 4.79 Å². The quantitative estimate of drug-likeness (QED) is 0.907. The first-order valence-electron chi connectivity index (χ1n) is 7.93. The molecule has 2 heterocycles. The minimum Gasteiger partial charge on any atom is -0.493 e. The number of para-hydroxylation sites is 1. The summed E-state index contributed by atoms with van der Waals surface area (Å²) in [5.74, 6) is 1.64. The number of benzene rings is 1. The maximum atomic E-state index is 12.8. The van der Waals surface area contributed by atoms with Crippen LogP contribution >= 0.6 is 0 Å². The molecule has 0 saturated carbocycles. The van der Waals surface area contributed by atoms with E-state index >= 15 is 0 Å². The van der Waals surface area contributed by atoms with Crippen LogP contribution in [0.15, 0.2) is 24.3 Å². The average Bonchev–Trinajstić information content (AvgIpc) is 2.53. The summed E-state index contributed by atoms with van der Waals surface area (Å²) in [7, 11) is 0. The van der Waals surface area contributed by atoms with Crippen LogP contribution in [0.2, 0.25) is 0 Å². The molecule has 0 aliphatic carbocycles. The maximum absolute atomic E-state index is 12.8. The highest BCUT2D eigenvalue weighted by atomic mass is 16.5. The Labute approximate surface area is 126 Å². The molecule has 0 spiro atoms. The van der Waals surface area contributed by atoms with Crippen LogP contribution in [0.4, 0.5) is 0 Å². The van der Waals surface area contributed by atoms with Crippen LogP contribution in [0.3, 0.4) is 0 Å². The summed E-state index contributed by atoms with van der Waals surface area (Å²) in [6.07, 6.45) is 2.83. The number of carbonyl (C=O) groups excluding carboxylic acids is 1. The highest BCUT2D eigenvalue weighted by molar-refractivity contribution is 5.85. The van der Waals surface area contributed by atoms with Gasteiger partial charge in [0.15, 0.2) is 0 Å². The lowest BCUT2D eigenvalue weighted by atomic mass is 9.88. The number of rotatable bonds is 2. The molecule has 2 N–H and O–H groups in total. The highest BCUT2D eigenvalue weighted by Crippen LogP contribution is 2.35. The lowest BCUT2D eigenvalue weighted by Gasteiger charge is -2.36. The van der Waals surface area contributed by atoms with Crippen molar-refractivity contribution in [1.82, 2.24) is 4.90 Å². The zero-order valence-corrected chi connectivity index (χ0v) is 12.6. The fourth-order valence-electron chi connectivity index (χ4n) is 3.46. The van der Waals surface area contributed by atoms with Gasteiger partial charge in [0.2, 0.25) is 5.91 Å². The zero-order valence-electron chi connectivity index (χ0n) is 12.6. The number of hydrogen-bond donors (Lipinski definition) is 1. The lowest BCUT2D eigenvalue weighted by molar-refractivity contribution is -0.135. The van der Waals surface area contributed by atoms with Gasteiger partial charge in [0.05, 0.1) is 12.5 Å². The van der Waals surface area contributed by atoms with Crippen molar-refractivity contribution in [3.63, 3.8) is 0 Å². The first-order valence-corrected chi connectivity index (χ1v) is 7.93. The normalized spacial score (nSPS) is 24.1. The first kappa shape index (κ1) is 14.4. The van der Waals surface area contributed by atoms with Gasteiger partial charge in [-0.1, -0.05) is 18.2 Å². The van der Waals surface area contributed by atoms with Crippen molar-refractivity contribution < 1.29 is 9.53 Å². The molecule has 4 nitrogen and oxygen atoms in total. The highest BCUT2D eigenvalue weighted by Gasteiger charge is 2.33. The van der Waals surface area contributed by atoms with Crippen LogP contribution < -0.4 is 10.5 Å². The number of carbonyl (C=O) groups is 1. The predicted molar refractivity (Wildman–Crippen MR) is 82.2 cm³/mol. The van der Waals surface area contributed by atoms with Crippen LogP contribution in [0.5, 0.6) is 5.75 Å². The van der Waals surface area contributed by atoms with Crippen molar-refractivity contribution in [3.05, 3.63) is 29.8 Å². The second-order valence-corrected chi connectivity index (χ2v) is 6.25. The third kappa shape index (κ3) is 2.91. The molecular formula is C17H24N2O2. The minimum atomic E-state index is -0.0400. The van der Waals surface area contributed by atoms with E-state index < -0.39 is 0 Å². The van der Waals surface area contributed by atoms with Gasteiger partial charge in [0.25, 0.3) is 0 Å². The van der Waals surface area contributed by atoms with Crippen molar-refractivity contribution in [2.75, 3.05) is 19.7 Å². The molecule has 0 aromatic heterocycles. The Hall–Kier alpha value is -1.55. The van der Waals surface area contributed by atoms with E-state index in [-0.39, 0.29) is 17.9 Å². The van der Waals surface area contributed by atoms with E-state index in [4.69, 9.17) is 10.5 Å². The fraction of sp³-hybridized carbons (Fsp3) is 0.588. The molecule has 1 fully saturated rings. The molecule has 2 unspecified atom stereocenters. The van der Waals surface area contributed by atoms with Crippen LogP contribution in [0.25, 0.3) is 0 Å². The second-order valence-electron chi connectivity index (χ2n) is 6.25. The van der Waals surface area contributed by atoms with Crippen molar-refractivity contribution in [2.45, 2.75) is 38.1 Å². The zero-order chi connectivity index (χ0) is 14.8. The van der Waals surface area contributed by atoms with Crippen LogP contribution in [0.1, 0.15) is 37.7 Å². The number of fused-ring (bicyclic) bond motifs is 1. The number of piperidine rings is 1. The van der Waals surface area contributed by atoms with Crippen molar-refractivity contribution in [1.29, 1.82) is 0 Å². The first-order chi connectivity index (χ1) is 10.2. The predicted octanol–water partition coefficient (Wildman–Crippen LogP) is 2.14. The fourth-order valence-corrected chi connectivity index (χ4v) is 3.46. The van der Waals surface area contributed by atoms with Gasteiger partial charge in [0.1, 0.15) is 5.75 Å². The summed E-state index contributed by atoms with van der Waals surface area (Å²) >= 11 is 0. The van der Waals surface area contributed by atoms with Gasteiger partial charge < -0.3 is 15.4 Å². The van der Waals surface area contributed by atoms with E-state index in [2.05, 4.69) is 6.92 Å². The van der Waals surface area contributed by atoms with Crippen molar-refractivity contribution in [3.8, 4) is 5.75 Å². The summed E-state index contributed by atoms with van der Waals surface area (Å²) in [4.78, 5) is 14.9. The molecule has 3 rings (SSSR count). The molecule has 2 atom stereocenters. The molecule has 1 aromatic carbocycles. The summed E-state index contributed by atoms with van der Waals surface area (Å²) in [6, 6.07) is 8.14. The van der Waals surface area contributed by atoms with E-state index in [0.29, 0.717) is 12.5 Å². The summed E-state index contributed by atoms with van der Waals surface area (Å²) < 4.78 is 5.65. The summed E-state index contributed by atoms with van der Waals surface area (Å²) in [5, 5.41) is 0. The van der Waals surface area contributed by atoms with E-state index in [1.807, 2.05) is 29.2 Å². The Kier molecular flexibility index (Phi) is 4.15. The van der Waals surface area contributed by atoms with Crippen LogP contribution in [0, 0.1) is 5.92 Å². The summed E-state index contributed by atoms with van der Waals surface area (Å²) in [6.45, 7) is 4.37. The number of nitrogens with zero attached hydrogens (tertiary/aromatic N) is 1.